The lowest BCUT2D eigenvalue weighted by Crippen LogP contribution is -2.58. The molecule has 2 fully saturated rings. The van der Waals surface area contributed by atoms with Gasteiger partial charge in [0.15, 0.2) is 6.29 Å². The molecule has 0 saturated carbocycles. The number of unbranched alkanes of at least 4 members (excludes halogenated alkanes) is 2. The van der Waals surface area contributed by atoms with Gasteiger partial charge in [-0.3, -0.25) is 4.79 Å². The maximum Gasteiger partial charge on any atom is 0.303 e. The van der Waals surface area contributed by atoms with E-state index < -0.39 is 36.7 Å². The highest BCUT2D eigenvalue weighted by molar-refractivity contribution is 5.66. The van der Waals surface area contributed by atoms with Gasteiger partial charge in [-0.15, -0.1) is 0 Å². The van der Waals surface area contributed by atoms with E-state index in [9.17, 15) is 20.1 Å². The lowest BCUT2D eigenvalue weighted by molar-refractivity contribution is -0.307. The maximum atomic E-state index is 10.4. The topological polar surface area (TPSA) is 138 Å². The van der Waals surface area contributed by atoms with Crippen LogP contribution in [-0.4, -0.2) is 89.0 Å². The van der Waals surface area contributed by atoms with Gasteiger partial charge in [0, 0.05) is 26.1 Å². The van der Waals surface area contributed by atoms with Crippen molar-refractivity contribution in [1.82, 2.24) is 5.32 Å². The molecule has 2 aliphatic rings. The number of hydrogen-bond acceptors (Lipinski definition) is 8. The first-order chi connectivity index (χ1) is 11.9. The van der Waals surface area contributed by atoms with Gasteiger partial charge in [-0.2, -0.15) is 0 Å². The lowest BCUT2D eigenvalue weighted by Gasteiger charge is -2.40. The highest BCUT2D eigenvalue weighted by atomic mass is 16.7. The molecular weight excluding hydrogens is 334 g/mol. The summed E-state index contributed by atoms with van der Waals surface area (Å²) in [5.41, 5.74) is 0. The average Bonchev–Trinajstić information content (AvgIpc) is 3.00. The second kappa shape index (κ2) is 9.77. The Morgan fingerprint density at radius 1 is 1.08 bits per heavy atom. The smallest absolute Gasteiger partial charge is 0.303 e. The van der Waals surface area contributed by atoms with Crippen LogP contribution in [0, 0.1) is 0 Å². The molecule has 9 nitrogen and oxygen atoms in total. The van der Waals surface area contributed by atoms with Gasteiger partial charge in [-0.1, -0.05) is 6.42 Å². The van der Waals surface area contributed by atoms with Crippen LogP contribution in [0.4, 0.5) is 0 Å². The Bertz CT molecular complexity index is 423. The molecule has 0 radical (unpaired) electrons. The first-order valence-electron chi connectivity index (χ1n) is 8.79. The summed E-state index contributed by atoms with van der Waals surface area (Å²) in [5, 5.41) is 41.3. The molecule has 2 rings (SSSR count). The molecule has 2 heterocycles. The minimum absolute atomic E-state index is 0.167. The predicted molar refractivity (Wildman–Crippen MR) is 85.9 cm³/mol. The van der Waals surface area contributed by atoms with E-state index in [1.54, 1.807) is 6.92 Å². The molecule has 0 aromatic carbocycles. The molecule has 2 saturated heterocycles. The Balaban J connectivity index is 1.72. The number of ether oxygens (including phenoxy) is 3. The largest absolute Gasteiger partial charge is 0.481 e. The van der Waals surface area contributed by atoms with Gasteiger partial charge in [0.1, 0.15) is 24.4 Å². The number of rotatable bonds is 9. The Hall–Kier alpha value is -0.810. The monoisotopic (exact) mass is 363 g/mol. The number of nitrogens with one attached hydrogen (secondary N) is 1. The van der Waals surface area contributed by atoms with Crippen molar-refractivity contribution in [3.8, 4) is 0 Å². The lowest BCUT2D eigenvalue weighted by atomic mass is 10.00. The first kappa shape index (κ1) is 20.5. The van der Waals surface area contributed by atoms with Crippen LogP contribution in [0.1, 0.15) is 32.6 Å². The molecule has 9 heteroatoms. The Labute approximate surface area is 146 Å². The third-order valence-electron chi connectivity index (χ3n) is 4.59. The molecule has 0 amide bonds. The standard InChI is InChI=1S/C16H29NO8/c1-9-13(20)14(21)15(22)16(24-9)25-11-8-17-7-10(11)23-6-4-2-3-5-12(18)19/h9-11,13-17,20-22H,2-8H2,1H3,(H,18,19)/t9?,10?,11?,13-,14?,15?,16+/m1/s1. The minimum Gasteiger partial charge on any atom is -0.481 e. The van der Waals surface area contributed by atoms with E-state index in [2.05, 4.69) is 5.32 Å². The van der Waals surface area contributed by atoms with Crippen molar-refractivity contribution in [3.05, 3.63) is 0 Å². The summed E-state index contributed by atoms with van der Waals surface area (Å²) in [4.78, 5) is 10.4. The van der Waals surface area contributed by atoms with Crippen molar-refractivity contribution in [2.24, 2.45) is 0 Å². The van der Waals surface area contributed by atoms with Crippen LogP contribution in [0.5, 0.6) is 0 Å². The number of aliphatic hydroxyl groups is 3. The molecule has 7 atom stereocenters. The van der Waals surface area contributed by atoms with E-state index in [4.69, 9.17) is 19.3 Å². The second-order valence-electron chi connectivity index (χ2n) is 6.63. The zero-order valence-corrected chi connectivity index (χ0v) is 14.4. The molecule has 0 aliphatic carbocycles. The molecule has 2 aliphatic heterocycles. The van der Waals surface area contributed by atoms with E-state index in [-0.39, 0.29) is 18.6 Å². The SMILES string of the molecule is CC1O[C@@H](OC2CNCC2OCCCCCC(=O)O)C(O)C(O)[C@@H]1O. The molecule has 0 spiro atoms. The van der Waals surface area contributed by atoms with Crippen molar-refractivity contribution >= 4 is 5.97 Å². The number of aliphatic carboxylic acids is 1. The van der Waals surface area contributed by atoms with Crippen LogP contribution in [-0.2, 0) is 19.0 Å². The average molecular weight is 363 g/mol. The summed E-state index contributed by atoms with van der Waals surface area (Å²) in [5.74, 6) is -0.790. The van der Waals surface area contributed by atoms with Gasteiger partial charge in [0.2, 0.25) is 0 Å². The van der Waals surface area contributed by atoms with Crippen molar-refractivity contribution in [3.63, 3.8) is 0 Å². The fourth-order valence-electron chi connectivity index (χ4n) is 3.02. The zero-order chi connectivity index (χ0) is 18.4. The van der Waals surface area contributed by atoms with Crippen molar-refractivity contribution in [2.75, 3.05) is 19.7 Å². The quantitative estimate of drug-likeness (QED) is 0.321. The van der Waals surface area contributed by atoms with E-state index in [0.717, 1.165) is 12.8 Å². The van der Waals surface area contributed by atoms with Crippen molar-refractivity contribution in [1.29, 1.82) is 0 Å². The second-order valence-corrected chi connectivity index (χ2v) is 6.63. The van der Waals surface area contributed by atoms with Gasteiger partial charge < -0.3 is 40.0 Å². The van der Waals surface area contributed by atoms with Crippen LogP contribution < -0.4 is 5.32 Å². The maximum absolute atomic E-state index is 10.4. The van der Waals surface area contributed by atoms with Gasteiger partial charge in [0.25, 0.3) is 0 Å². The van der Waals surface area contributed by atoms with Gasteiger partial charge in [0.05, 0.1) is 12.2 Å². The van der Waals surface area contributed by atoms with E-state index in [0.29, 0.717) is 26.1 Å². The highest BCUT2D eigenvalue weighted by Crippen LogP contribution is 2.24. The fraction of sp³-hybridized carbons (Fsp3) is 0.938. The molecule has 0 aromatic heterocycles. The van der Waals surface area contributed by atoms with Crippen molar-refractivity contribution < 1.29 is 39.4 Å². The summed E-state index contributed by atoms with van der Waals surface area (Å²) in [6.07, 6.45) is -3.70. The van der Waals surface area contributed by atoms with E-state index in [1.165, 1.54) is 0 Å². The molecule has 0 aromatic rings. The van der Waals surface area contributed by atoms with Gasteiger partial charge in [-0.05, 0) is 19.8 Å². The summed E-state index contributed by atoms with van der Waals surface area (Å²) in [6, 6.07) is 0. The number of carboxylic acid groups (broad SMARTS) is 1. The summed E-state index contributed by atoms with van der Waals surface area (Å²) in [6.45, 7) is 3.23. The van der Waals surface area contributed by atoms with Crippen LogP contribution >= 0.6 is 0 Å². The fourth-order valence-corrected chi connectivity index (χ4v) is 3.02. The molecule has 25 heavy (non-hydrogen) atoms. The van der Waals surface area contributed by atoms with Crippen LogP contribution in [0.3, 0.4) is 0 Å². The molecule has 0 bridgehead atoms. The third kappa shape index (κ3) is 5.85. The zero-order valence-electron chi connectivity index (χ0n) is 14.4. The Kier molecular flexibility index (Phi) is 8.01. The van der Waals surface area contributed by atoms with Crippen LogP contribution in [0.2, 0.25) is 0 Å². The van der Waals surface area contributed by atoms with Gasteiger partial charge >= 0.3 is 5.97 Å². The first-order valence-corrected chi connectivity index (χ1v) is 8.79. The van der Waals surface area contributed by atoms with Crippen LogP contribution in [0.15, 0.2) is 0 Å². The minimum atomic E-state index is -1.33. The van der Waals surface area contributed by atoms with Crippen LogP contribution in [0.25, 0.3) is 0 Å². The third-order valence-corrected chi connectivity index (χ3v) is 4.59. The molecular formula is C16H29NO8. The highest BCUT2D eigenvalue weighted by Gasteiger charge is 2.44. The summed E-state index contributed by atoms with van der Waals surface area (Å²) >= 11 is 0. The summed E-state index contributed by atoms with van der Waals surface area (Å²) in [7, 11) is 0. The number of carboxylic acids is 1. The Morgan fingerprint density at radius 2 is 1.80 bits per heavy atom. The molecule has 146 valence electrons. The predicted octanol–water partition coefficient (Wildman–Crippen LogP) is -1.17. The summed E-state index contributed by atoms with van der Waals surface area (Å²) < 4.78 is 17.0. The molecule has 5 unspecified atom stereocenters. The number of aliphatic hydroxyl groups excluding tert-OH is 3. The van der Waals surface area contributed by atoms with Gasteiger partial charge in [-0.25, -0.2) is 0 Å². The normalized spacial score (nSPS) is 38.8. The number of carbonyl (C=O) groups is 1. The van der Waals surface area contributed by atoms with Crippen molar-refractivity contribution in [2.45, 2.75) is 75.5 Å². The Morgan fingerprint density at radius 3 is 2.52 bits per heavy atom. The molecule has 5 N–H and O–H groups in total. The van der Waals surface area contributed by atoms with E-state index in [1.807, 2.05) is 0 Å². The van der Waals surface area contributed by atoms with E-state index >= 15 is 0 Å². The number of hydrogen-bond donors (Lipinski definition) is 5.